The first-order chi connectivity index (χ1) is 9.65. The van der Waals surface area contributed by atoms with E-state index in [1.54, 1.807) is 24.3 Å². The van der Waals surface area contributed by atoms with Gasteiger partial charge in [0, 0.05) is 17.9 Å². The van der Waals surface area contributed by atoms with Crippen molar-refractivity contribution in [1.82, 2.24) is 0 Å². The van der Waals surface area contributed by atoms with E-state index in [2.05, 4.69) is 5.32 Å². The Hall–Kier alpha value is -1.50. The minimum Gasteiger partial charge on any atom is -0.389 e. The lowest BCUT2D eigenvalue weighted by Crippen LogP contribution is -2.19. The molecule has 1 unspecified atom stereocenters. The molecule has 1 heterocycles. The fourth-order valence-corrected chi connectivity index (χ4v) is 2.06. The highest BCUT2D eigenvalue weighted by Gasteiger charge is 2.16. The summed E-state index contributed by atoms with van der Waals surface area (Å²) in [4.78, 5) is 12.1. The molecule has 1 aliphatic heterocycles. The molecule has 1 amide bonds. The standard InChI is InChI=1S/C14H18N2O3S/c15-14(20)10-2-1-3-11(8-10)16-13(17)5-7-19-12-4-6-18-9-12/h1-3,8,12H,4-7,9H2,(H2,15,20)(H,16,17). The predicted octanol–water partition coefficient (Wildman–Crippen LogP) is 1.45. The molecule has 5 nitrogen and oxygen atoms in total. The van der Waals surface area contributed by atoms with Gasteiger partial charge < -0.3 is 20.5 Å². The summed E-state index contributed by atoms with van der Waals surface area (Å²) in [7, 11) is 0. The van der Waals surface area contributed by atoms with E-state index in [9.17, 15) is 4.79 Å². The Morgan fingerprint density at radius 2 is 2.40 bits per heavy atom. The Balaban J connectivity index is 1.76. The first kappa shape index (κ1) is 14.9. The van der Waals surface area contributed by atoms with Crippen molar-refractivity contribution in [3.05, 3.63) is 29.8 Å². The molecule has 1 aromatic rings. The Kier molecular flexibility index (Phi) is 5.46. The Bertz CT molecular complexity index is 487. The third-order valence-corrected chi connectivity index (χ3v) is 3.24. The first-order valence-corrected chi connectivity index (χ1v) is 6.95. The zero-order valence-electron chi connectivity index (χ0n) is 11.1. The second kappa shape index (κ2) is 7.33. The van der Waals surface area contributed by atoms with Crippen molar-refractivity contribution >= 4 is 28.8 Å². The van der Waals surface area contributed by atoms with Crippen LogP contribution in [0.25, 0.3) is 0 Å². The number of ether oxygens (including phenoxy) is 2. The van der Waals surface area contributed by atoms with Crippen LogP contribution in [0.15, 0.2) is 24.3 Å². The van der Waals surface area contributed by atoms with E-state index in [1.807, 2.05) is 0 Å². The molecule has 0 saturated carbocycles. The van der Waals surface area contributed by atoms with Crippen molar-refractivity contribution < 1.29 is 14.3 Å². The van der Waals surface area contributed by atoms with Gasteiger partial charge in [-0.1, -0.05) is 24.4 Å². The van der Waals surface area contributed by atoms with Crippen molar-refractivity contribution in [1.29, 1.82) is 0 Å². The summed E-state index contributed by atoms with van der Waals surface area (Å²) in [6, 6.07) is 7.16. The smallest absolute Gasteiger partial charge is 0.226 e. The number of amides is 1. The molecule has 1 saturated heterocycles. The summed E-state index contributed by atoms with van der Waals surface area (Å²) >= 11 is 4.90. The van der Waals surface area contributed by atoms with Gasteiger partial charge in [0.05, 0.1) is 25.7 Å². The molecule has 0 spiro atoms. The third kappa shape index (κ3) is 4.56. The average molecular weight is 294 g/mol. The van der Waals surface area contributed by atoms with Gasteiger partial charge in [-0.15, -0.1) is 0 Å². The van der Waals surface area contributed by atoms with Crippen molar-refractivity contribution in [2.45, 2.75) is 18.9 Å². The van der Waals surface area contributed by atoms with Crippen LogP contribution in [-0.4, -0.2) is 36.8 Å². The number of rotatable bonds is 6. The maximum atomic E-state index is 11.8. The predicted molar refractivity (Wildman–Crippen MR) is 80.8 cm³/mol. The number of carbonyl (C=O) groups excluding carboxylic acids is 1. The highest BCUT2D eigenvalue weighted by Crippen LogP contribution is 2.12. The summed E-state index contributed by atoms with van der Waals surface area (Å²) in [5.41, 5.74) is 6.97. The quantitative estimate of drug-likeness (QED) is 0.777. The lowest BCUT2D eigenvalue weighted by molar-refractivity contribution is -0.117. The molecule has 6 heteroatoms. The van der Waals surface area contributed by atoms with Crippen LogP contribution in [0.5, 0.6) is 0 Å². The summed E-state index contributed by atoms with van der Waals surface area (Å²) in [6.07, 6.45) is 1.34. The topological polar surface area (TPSA) is 73.6 Å². The van der Waals surface area contributed by atoms with E-state index in [0.29, 0.717) is 30.3 Å². The fraction of sp³-hybridized carbons (Fsp3) is 0.429. The molecular formula is C14H18N2O3S. The highest BCUT2D eigenvalue weighted by molar-refractivity contribution is 7.80. The van der Waals surface area contributed by atoms with Crippen LogP contribution in [0.1, 0.15) is 18.4 Å². The van der Waals surface area contributed by atoms with E-state index < -0.39 is 0 Å². The van der Waals surface area contributed by atoms with Crippen LogP contribution in [0.3, 0.4) is 0 Å². The largest absolute Gasteiger partial charge is 0.389 e. The molecule has 2 rings (SSSR count). The minimum absolute atomic E-state index is 0.0935. The van der Waals surface area contributed by atoms with E-state index in [1.165, 1.54) is 0 Å². The molecule has 1 atom stereocenters. The lowest BCUT2D eigenvalue weighted by atomic mass is 10.2. The van der Waals surface area contributed by atoms with Gasteiger partial charge >= 0.3 is 0 Å². The first-order valence-electron chi connectivity index (χ1n) is 6.54. The van der Waals surface area contributed by atoms with Crippen molar-refractivity contribution in [2.24, 2.45) is 5.73 Å². The number of thiocarbonyl (C=S) groups is 1. The zero-order chi connectivity index (χ0) is 14.4. The Morgan fingerprint density at radius 3 is 3.10 bits per heavy atom. The number of hydrogen-bond donors (Lipinski definition) is 2. The van der Waals surface area contributed by atoms with E-state index >= 15 is 0 Å². The number of nitrogens with two attached hydrogens (primary N) is 1. The molecule has 108 valence electrons. The highest BCUT2D eigenvalue weighted by atomic mass is 32.1. The van der Waals surface area contributed by atoms with Gasteiger partial charge in [-0.05, 0) is 18.6 Å². The average Bonchev–Trinajstić information content (AvgIpc) is 2.92. The maximum absolute atomic E-state index is 11.8. The summed E-state index contributed by atoms with van der Waals surface area (Å²) in [5.74, 6) is -0.0935. The van der Waals surface area contributed by atoms with E-state index in [-0.39, 0.29) is 12.0 Å². The molecule has 1 fully saturated rings. The summed E-state index contributed by atoms with van der Waals surface area (Å²) in [5, 5.41) is 2.80. The maximum Gasteiger partial charge on any atom is 0.226 e. The van der Waals surface area contributed by atoms with Crippen LogP contribution >= 0.6 is 12.2 Å². The van der Waals surface area contributed by atoms with Gasteiger partial charge in [0.1, 0.15) is 4.99 Å². The fourth-order valence-electron chi connectivity index (χ4n) is 1.94. The number of benzene rings is 1. The van der Waals surface area contributed by atoms with Gasteiger partial charge in [-0.3, -0.25) is 4.79 Å². The van der Waals surface area contributed by atoms with E-state index in [4.69, 9.17) is 27.4 Å². The summed E-state index contributed by atoms with van der Waals surface area (Å²) in [6.45, 7) is 1.76. The van der Waals surface area contributed by atoms with Gasteiger partial charge in [0.25, 0.3) is 0 Å². The number of nitrogens with one attached hydrogen (secondary N) is 1. The monoisotopic (exact) mass is 294 g/mol. The minimum atomic E-state index is -0.0935. The Labute approximate surface area is 123 Å². The van der Waals surface area contributed by atoms with Crippen LogP contribution in [-0.2, 0) is 14.3 Å². The van der Waals surface area contributed by atoms with Gasteiger partial charge in [0.2, 0.25) is 5.91 Å². The van der Waals surface area contributed by atoms with Crippen molar-refractivity contribution in [3.63, 3.8) is 0 Å². The lowest BCUT2D eigenvalue weighted by Gasteiger charge is -2.10. The van der Waals surface area contributed by atoms with Crippen LogP contribution in [0.2, 0.25) is 0 Å². The van der Waals surface area contributed by atoms with Crippen molar-refractivity contribution in [3.8, 4) is 0 Å². The molecule has 0 radical (unpaired) electrons. The van der Waals surface area contributed by atoms with Gasteiger partial charge in [0.15, 0.2) is 0 Å². The summed E-state index contributed by atoms with van der Waals surface area (Å²) < 4.78 is 10.7. The second-order valence-corrected chi connectivity index (χ2v) is 5.04. The number of anilines is 1. The van der Waals surface area contributed by atoms with Crippen LogP contribution in [0.4, 0.5) is 5.69 Å². The van der Waals surface area contributed by atoms with Gasteiger partial charge in [-0.25, -0.2) is 0 Å². The van der Waals surface area contributed by atoms with Gasteiger partial charge in [-0.2, -0.15) is 0 Å². The molecule has 0 bridgehead atoms. The molecule has 0 aliphatic carbocycles. The zero-order valence-corrected chi connectivity index (χ0v) is 11.9. The van der Waals surface area contributed by atoms with Crippen LogP contribution in [0, 0.1) is 0 Å². The normalized spacial score (nSPS) is 17.9. The molecule has 3 N–H and O–H groups in total. The Morgan fingerprint density at radius 1 is 1.55 bits per heavy atom. The molecule has 20 heavy (non-hydrogen) atoms. The van der Waals surface area contributed by atoms with Crippen molar-refractivity contribution in [2.75, 3.05) is 25.1 Å². The SMILES string of the molecule is NC(=S)c1cccc(NC(=O)CCOC2CCOC2)c1. The molecule has 0 aromatic heterocycles. The second-order valence-electron chi connectivity index (χ2n) is 4.60. The number of carbonyl (C=O) groups is 1. The number of hydrogen-bond acceptors (Lipinski definition) is 4. The van der Waals surface area contributed by atoms with E-state index in [0.717, 1.165) is 18.6 Å². The third-order valence-electron chi connectivity index (χ3n) is 3.00. The van der Waals surface area contributed by atoms with Crippen LogP contribution < -0.4 is 11.1 Å². The molecular weight excluding hydrogens is 276 g/mol. The molecule has 1 aliphatic rings. The molecule has 1 aromatic carbocycles.